The molecule has 2 aromatic carbocycles. The normalized spacial score (nSPS) is 16.1. The molecule has 1 fully saturated rings. The summed E-state index contributed by atoms with van der Waals surface area (Å²) >= 11 is 0. The Labute approximate surface area is 394 Å². The van der Waals surface area contributed by atoms with Crippen LogP contribution < -0.4 is 43.2 Å². The molecule has 0 bridgehead atoms. The number of benzene rings is 2. The molecular weight excluding hydrogens is 907 g/mol. The number of carbonyl (C=O) groups is 10. The first-order valence-electron chi connectivity index (χ1n) is 22.1. The van der Waals surface area contributed by atoms with Gasteiger partial charge in [-0.1, -0.05) is 42.5 Å². The van der Waals surface area contributed by atoms with Crippen molar-refractivity contribution >= 4 is 76.1 Å². The first-order chi connectivity index (χ1) is 32.8. The maximum atomic E-state index is 13.8. The Balaban J connectivity index is 1.33. The second-order valence-corrected chi connectivity index (χ2v) is 16.6. The number of carboxylic acid groups (broad SMARTS) is 5. The van der Waals surface area contributed by atoms with Crippen molar-refractivity contribution in [2.45, 2.75) is 94.8 Å². The van der Waals surface area contributed by atoms with E-state index in [0.29, 0.717) is 25.7 Å². The predicted octanol–water partition coefficient (Wildman–Crippen LogP) is 0.801. The van der Waals surface area contributed by atoms with Crippen LogP contribution in [-0.4, -0.2) is 127 Å². The number of carboxylic acids is 5. The smallest absolute Gasteiger partial charge is 0.326 e. The minimum Gasteiger partial charge on any atom is -0.481 e. The topological polar surface area (TPSA) is 395 Å². The van der Waals surface area contributed by atoms with Gasteiger partial charge >= 0.3 is 35.9 Å². The largest absolute Gasteiger partial charge is 0.481 e. The molecule has 0 radical (unpaired) electrons. The molecule has 1 aromatic heterocycles. The van der Waals surface area contributed by atoms with Crippen LogP contribution in [0, 0.1) is 17.8 Å². The maximum Gasteiger partial charge on any atom is 0.326 e. The fraction of sp³-hybridized carbons (Fsp3) is 0.444. The number of rotatable bonds is 27. The monoisotopic (exact) mass is 963 g/mol. The second kappa shape index (κ2) is 26.4. The van der Waals surface area contributed by atoms with E-state index < -0.39 is 109 Å². The van der Waals surface area contributed by atoms with Gasteiger partial charge < -0.3 is 62.9 Å². The van der Waals surface area contributed by atoms with E-state index in [9.17, 15) is 68.4 Å². The number of hydrogen-bond acceptors (Lipinski definition) is 13. The molecule has 0 aliphatic heterocycles. The third-order valence-electron chi connectivity index (χ3n) is 11.6. The molecule has 4 unspecified atom stereocenters. The van der Waals surface area contributed by atoms with Crippen LogP contribution in [0.5, 0.6) is 0 Å². The summed E-state index contributed by atoms with van der Waals surface area (Å²) in [6, 6.07) is 9.33. The molecule has 1 aliphatic rings. The van der Waals surface area contributed by atoms with Gasteiger partial charge in [-0.15, -0.1) is 0 Å². The zero-order valence-electron chi connectivity index (χ0n) is 37.4. The average Bonchev–Trinajstić information content (AvgIpc) is 3.32. The Morgan fingerprint density at radius 1 is 0.652 bits per heavy atom. The summed E-state index contributed by atoms with van der Waals surface area (Å²) < 4.78 is 0. The lowest BCUT2D eigenvalue weighted by Gasteiger charge is -2.30. The highest BCUT2D eigenvalue weighted by Crippen LogP contribution is 2.29. The number of urea groups is 1. The van der Waals surface area contributed by atoms with Gasteiger partial charge in [-0.2, -0.15) is 0 Å². The van der Waals surface area contributed by atoms with Gasteiger partial charge in [-0.3, -0.25) is 33.6 Å². The van der Waals surface area contributed by atoms with E-state index in [1.807, 2.05) is 42.5 Å². The van der Waals surface area contributed by atoms with Crippen molar-refractivity contribution < 1.29 is 73.5 Å². The number of carbonyl (C=O) groups excluding carboxylic acids is 5. The van der Waals surface area contributed by atoms with Gasteiger partial charge in [-0.05, 0) is 85.8 Å². The number of pyridine rings is 1. The number of aromatic nitrogens is 1. The summed E-state index contributed by atoms with van der Waals surface area (Å²) in [5, 5.41) is 63.7. The number of nitrogens with two attached hydrogens (primary N) is 1. The van der Waals surface area contributed by atoms with E-state index in [4.69, 9.17) is 10.9 Å². The van der Waals surface area contributed by atoms with Crippen molar-refractivity contribution in [2.75, 3.05) is 18.5 Å². The summed E-state index contributed by atoms with van der Waals surface area (Å²) in [5.41, 5.74) is 3.06. The quantitative estimate of drug-likeness (QED) is 0.0217. The number of hydrazine groups is 1. The van der Waals surface area contributed by atoms with E-state index in [0.717, 1.165) is 22.5 Å². The molecule has 0 saturated heterocycles. The summed E-state index contributed by atoms with van der Waals surface area (Å²) in [7, 11) is 0. The van der Waals surface area contributed by atoms with Crippen molar-refractivity contribution in [3.8, 4) is 0 Å². The molecule has 1 heterocycles. The molecule has 1 saturated carbocycles. The van der Waals surface area contributed by atoms with Crippen molar-refractivity contribution in [3.05, 3.63) is 71.9 Å². The molecule has 0 spiro atoms. The third-order valence-corrected chi connectivity index (χ3v) is 11.6. The van der Waals surface area contributed by atoms with Crippen molar-refractivity contribution in [1.29, 1.82) is 0 Å². The highest BCUT2D eigenvalue weighted by molar-refractivity contribution is 5.99. The number of nitrogen functional groups attached to an aromatic ring is 1. The lowest BCUT2D eigenvalue weighted by molar-refractivity contribution is -0.155. The number of anilines is 1. The van der Waals surface area contributed by atoms with Gasteiger partial charge in [0.2, 0.25) is 17.7 Å². The van der Waals surface area contributed by atoms with Crippen LogP contribution in [0.1, 0.15) is 80.1 Å². The van der Waals surface area contributed by atoms with Crippen LogP contribution in [-0.2, 0) is 44.8 Å². The molecule has 4 rings (SSSR count). The molecule has 1 aliphatic carbocycles. The second-order valence-electron chi connectivity index (χ2n) is 16.6. The summed E-state index contributed by atoms with van der Waals surface area (Å²) in [5.74, 6) is -7.16. The van der Waals surface area contributed by atoms with Gasteiger partial charge in [0, 0.05) is 44.5 Å². The first kappa shape index (κ1) is 53.7. The van der Waals surface area contributed by atoms with E-state index >= 15 is 0 Å². The van der Waals surface area contributed by atoms with Crippen LogP contribution >= 0.6 is 0 Å². The van der Waals surface area contributed by atoms with Gasteiger partial charge in [0.1, 0.15) is 30.0 Å². The third kappa shape index (κ3) is 17.4. The van der Waals surface area contributed by atoms with Gasteiger partial charge in [0.05, 0.1) is 5.56 Å². The number of nitrogens with zero attached hydrogens (tertiary/aromatic N) is 1. The Hall–Kier alpha value is -7.89. The van der Waals surface area contributed by atoms with E-state index in [2.05, 4.69) is 42.3 Å². The Morgan fingerprint density at radius 3 is 1.88 bits per heavy atom. The van der Waals surface area contributed by atoms with Crippen LogP contribution in [0.2, 0.25) is 0 Å². The van der Waals surface area contributed by atoms with Crippen LogP contribution in [0.3, 0.4) is 0 Å². The van der Waals surface area contributed by atoms with Crippen LogP contribution in [0.25, 0.3) is 10.8 Å². The number of fused-ring (bicyclic) bond motifs is 1. The maximum absolute atomic E-state index is 13.8. The minimum atomic E-state index is -2.01. The standard InChI is InChI=1S/C45H57N9O15/c46-54-35-16-14-29(23-48-35)38(58)51-34(21-30(41(61)62)42(63)64)40(60)49-22-24-8-12-27(13-9-24)37(57)50-33(20-25-10-11-26-5-1-2-6-28(26)19-25)39(59)47-18-4-3-7-31(43(65)66)52-45(69)53-32(44(67)68)15-17-36(55)56/h1-2,5-6,10-11,14,16,19,23-24,27,30-34H,3-4,7-9,12-13,15,17-18,20-22,46H2,(H,47,59)(H,48,54)(H,49,60)(H,50,57)(H,51,58)(H,55,56)(H,61,62)(H,63,64)(H,65,66)(H,67,68)(H2,52,53,69). The SMILES string of the molecule is NNc1ccc(C(=O)NC(CC(C(=O)O)C(=O)O)C(=O)NCC2CCC(C(=O)NC(Cc3ccc4ccccc4c3)C(=O)NCCCCC(NC(=O)NC(CCC(=O)O)C(=O)O)C(=O)O)CC2)cn1. The highest BCUT2D eigenvalue weighted by atomic mass is 16.4. The molecule has 372 valence electrons. The highest BCUT2D eigenvalue weighted by Gasteiger charge is 2.35. The van der Waals surface area contributed by atoms with Crippen molar-refractivity contribution in [2.24, 2.45) is 23.6 Å². The van der Waals surface area contributed by atoms with Crippen molar-refractivity contribution in [1.82, 2.24) is 36.9 Å². The Morgan fingerprint density at radius 2 is 1.29 bits per heavy atom. The fourth-order valence-corrected chi connectivity index (χ4v) is 7.68. The lowest BCUT2D eigenvalue weighted by Crippen LogP contribution is -2.51. The lowest BCUT2D eigenvalue weighted by atomic mass is 9.81. The molecule has 24 nitrogen and oxygen atoms in total. The molecule has 24 heteroatoms. The number of unbranched alkanes of at least 4 members (excludes halogenated alkanes) is 1. The number of amides is 6. The summed E-state index contributed by atoms with van der Waals surface area (Å²) in [4.78, 5) is 128. The van der Waals surface area contributed by atoms with E-state index in [-0.39, 0.29) is 62.0 Å². The first-order valence-corrected chi connectivity index (χ1v) is 22.1. The molecular formula is C45H57N9O15. The molecule has 4 atom stereocenters. The number of hydrogen-bond donors (Lipinski definition) is 13. The Bertz CT molecular complexity index is 2330. The predicted molar refractivity (Wildman–Crippen MR) is 243 cm³/mol. The fourth-order valence-electron chi connectivity index (χ4n) is 7.68. The zero-order chi connectivity index (χ0) is 50.6. The van der Waals surface area contributed by atoms with Crippen molar-refractivity contribution in [3.63, 3.8) is 0 Å². The molecule has 14 N–H and O–H groups in total. The van der Waals surface area contributed by atoms with E-state index in [1.165, 1.54) is 12.1 Å². The Kier molecular flexibility index (Phi) is 20.6. The van der Waals surface area contributed by atoms with Gasteiger partial charge in [0.25, 0.3) is 5.91 Å². The average molecular weight is 964 g/mol. The zero-order valence-corrected chi connectivity index (χ0v) is 37.4. The van der Waals surface area contributed by atoms with Gasteiger partial charge in [-0.25, -0.2) is 25.2 Å². The molecule has 69 heavy (non-hydrogen) atoms. The van der Waals surface area contributed by atoms with E-state index in [1.54, 1.807) is 0 Å². The molecule has 6 amide bonds. The summed E-state index contributed by atoms with van der Waals surface area (Å²) in [6.07, 6.45) is 1.64. The number of aliphatic carboxylic acids is 5. The minimum absolute atomic E-state index is 0.00287. The number of nitrogens with one attached hydrogen (secondary N) is 7. The van der Waals surface area contributed by atoms with Crippen LogP contribution in [0.15, 0.2) is 60.8 Å². The van der Waals surface area contributed by atoms with Crippen LogP contribution in [0.4, 0.5) is 10.6 Å². The summed E-state index contributed by atoms with van der Waals surface area (Å²) in [6.45, 7) is 0.148. The molecule has 3 aromatic rings. The van der Waals surface area contributed by atoms with Gasteiger partial charge in [0.15, 0.2) is 5.92 Å².